The van der Waals surface area contributed by atoms with E-state index < -0.39 is 0 Å². The van der Waals surface area contributed by atoms with E-state index in [9.17, 15) is 9.59 Å². The van der Waals surface area contributed by atoms with Gasteiger partial charge in [0.15, 0.2) is 0 Å². The summed E-state index contributed by atoms with van der Waals surface area (Å²) >= 11 is 1.29. The maximum Gasteiger partial charge on any atom is 0.253 e. The van der Waals surface area contributed by atoms with Crippen molar-refractivity contribution in [2.75, 3.05) is 11.1 Å². The fourth-order valence-electron chi connectivity index (χ4n) is 3.03. The molecule has 4 rings (SSSR count). The van der Waals surface area contributed by atoms with Crippen LogP contribution in [0.1, 0.15) is 47.8 Å². The van der Waals surface area contributed by atoms with Crippen LogP contribution in [0.5, 0.6) is 0 Å². The Balaban J connectivity index is 1.38. The molecule has 1 saturated carbocycles. The van der Waals surface area contributed by atoms with Gasteiger partial charge in [-0.3, -0.25) is 9.59 Å². The van der Waals surface area contributed by atoms with E-state index >= 15 is 0 Å². The molecule has 1 aliphatic rings. The molecule has 3 aromatic rings. The summed E-state index contributed by atoms with van der Waals surface area (Å²) in [5, 5.41) is 18.1. The zero-order valence-corrected chi connectivity index (χ0v) is 17.3. The van der Waals surface area contributed by atoms with Crippen molar-refractivity contribution in [1.29, 1.82) is 0 Å². The third-order valence-corrected chi connectivity index (χ3v) is 5.71. The number of aromatic nitrogens is 4. The molecule has 1 aromatic heterocycles. The fraction of sp³-hybridized carbons (Fsp3) is 0.286. The number of tetrazole rings is 1. The van der Waals surface area contributed by atoms with Gasteiger partial charge in [-0.25, -0.2) is 4.68 Å². The van der Waals surface area contributed by atoms with Crippen molar-refractivity contribution in [2.45, 2.75) is 37.0 Å². The molecule has 1 heterocycles. The SMILES string of the molecule is CC(NC(=O)c1ccccc1NC(=O)CSc1nnnn1C1CC1)c1ccccc1. The second-order valence-electron chi connectivity index (χ2n) is 7.13. The minimum Gasteiger partial charge on any atom is -0.345 e. The van der Waals surface area contributed by atoms with Crippen LogP contribution in [-0.2, 0) is 4.79 Å². The first-order chi connectivity index (χ1) is 14.6. The molecule has 2 amide bonds. The van der Waals surface area contributed by atoms with E-state index in [0.29, 0.717) is 22.4 Å². The highest BCUT2D eigenvalue weighted by atomic mass is 32.2. The molecule has 0 radical (unpaired) electrons. The molecule has 0 spiro atoms. The number of hydrogen-bond acceptors (Lipinski definition) is 6. The topological polar surface area (TPSA) is 102 Å². The van der Waals surface area contributed by atoms with Crippen LogP contribution in [0, 0.1) is 0 Å². The first-order valence-electron chi connectivity index (χ1n) is 9.77. The lowest BCUT2D eigenvalue weighted by molar-refractivity contribution is -0.113. The van der Waals surface area contributed by atoms with Gasteiger partial charge in [0.05, 0.1) is 29.1 Å². The molecule has 2 aromatic carbocycles. The highest BCUT2D eigenvalue weighted by Gasteiger charge is 2.28. The van der Waals surface area contributed by atoms with E-state index in [4.69, 9.17) is 0 Å². The number of amides is 2. The van der Waals surface area contributed by atoms with Crippen molar-refractivity contribution in [3.05, 3.63) is 65.7 Å². The predicted octanol–water partition coefficient (Wildman–Crippen LogP) is 3.23. The van der Waals surface area contributed by atoms with E-state index in [-0.39, 0.29) is 23.6 Å². The number of thioether (sulfide) groups is 1. The number of benzene rings is 2. The molecule has 1 unspecified atom stereocenters. The maximum absolute atomic E-state index is 12.8. The summed E-state index contributed by atoms with van der Waals surface area (Å²) in [6, 6.07) is 16.9. The van der Waals surface area contributed by atoms with Gasteiger partial charge in [-0.2, -0.15) is 0 Å². The predicted molar refractivity (Wildman–Crippen MR) is 114 cm³/mol. The largest absolute Gasteiger partial charge is 0.345 e. The first-order valence-corrected chi connectivity index (χ1v) is 10.8. The van der Waals surface area contributed by atoms with E-state index in [0.717, 1.165) is 18.4 Å². The van der Waals surface area contributed by atoms with Crippen LogP contribution in [-0.4, -0.2) is 37.8 Å². The number of carbonyl (C=O) groups excluding carboxylic acids is 2. The minimum absolute atomic E-state index is 0.153. The highest BCUT2D eigenvalue weighted by molar-refractivity contribution is 7.99. The molecule has 0 saturated heterocycles. The number of rotatable bonds is 8. The molecule has 154 valence electrons. The summed E-state index contributed by atoms with van der Waals surface area (Å²) in [5.74, 6) is -0.307. The fourth-order valence-corrected chi connectivity index (χ4v) is 3.78. The number of hydrogen-bond donors (Lipinski definition) is 2. The van der Waals surface area contributed by atoms with Crippen molar-refractivity contribution in [3.8, 4) is 0 Å². The smallest absolute Gasteiger partial charge is 0.253 e. The average molecular weight is 423 g/mol. The average Bonchev–Trinajstić information content (AvgIpc) is 3.50. The van der Waals surface area contributed by atoms with Gasteiger partial charge < -0.3 is 10.6 Å². The lowest BCUT2D eigenvalue weighted by Gasteiger charge is -2.16. The Morgan fingerprint density at radius 2 is 1.87 bits per heavy atom. The van der Waals surface area contributed by atoms with Crippen LogP contribution < -0.4 is 10.6 Å². The maximum atomic E-state index is 12.8. The number of nitrogens with one attached hydrogen (secondary N) is 2. The quantitative estimate of drug-likeness (QED) is 0.541. The van der Waals surface area contributed by atoms with Crippen molar-refractivity contribution in [1.82, 2.24) is 25.5 Å². The molecule has 1 fully saturated rings. The third kappa shape index (κ3) is 4.85. The molecule has 8 nitrogen and oxygen atoms in total. The molecular weight excluding hydrogens is 400 g/mol. The molecule has 30 heavy (non-hydrogen) atoms. The van der Waals surface area contributed by atoms with Crippen LogP contribution in [0.25, 0.3) is 0 Å². The molecule has 0 bridgehead atoms. The van der Waals surface area contributed by atoms with Gasteiger partial charge in [0, 0.05) is 0 Å². The van der Waals surface area contributed by atoms with Gasteiger partial charge in [-0.15, -0.1) is 5.10 Å². The molecule has 1 atom stereocenters. The summed E-state index contributed by atoms with van der Waals surface area (Å²) in [6.07, 6.45) is 2.13. The van der Waals surface area contributed by atoms with Gasteiger partial charge in [-0.05, 0) is 47.9 Å². The van der Waals surface area contributed by atoms with E-state index in [1.807, 2.05) is 37.3 Å². The Hall–Kier alpha value is -3.20. The number of para-hydroxylation sites is 1. The minimum atomic E-state index is -0.243. The van der Waals surface area contributed by atoms with E-state index in [1.54, 1.807) is 28.9 Å². The Morgan fingerprint density at radius 3 is 2.63 bits per heavy atom. The highest BCUT2D eigenvalue weighted by Crippen LogP contribution is 2.36. The van der Waals surface area contributed by atoms with Crippen LogP contribution in [0.2, 0.25) is 0 Å². The molecule has 2 N–H and O–H groups in total. The zero-order chi connectivity index (χ0) is 20.9. The summed E-state index contributed by atoms with van der Waals surface area (Å²) in [5.41, 5.74) is 1.90. The summed E-state index contributed by atoms with van der Waals surface area (Å²) < 4.78 is 1.77. The van der Waals surface area contributed by atoms with Gasteiger partial charge in [0.2, 0.25) is 11.1 Å². The zero-order valence-electron chi connectivity index (χ0n) is 16.5. The van der Waals surface area contributed by atoms with Gasteiger partial charge >= 0.3 is 0 Å². The number of anilines is 1. The third-order valence-electron chi connectivity index (χ3n) is 4.78. The second-order valence-corrected chi connectivity index (χ2v) is 8.07. The first kappa shape index (κ1) is 20.1. The molecule has 0 aliphatic heterocycles. The summed E-state index contributed by atoms with van der Waals surface area (Å²) in [7, 11) is 0. The summed E-state index contributed by atoms with van der Waals surface area (Å²) in [4.78, 5) is 25.3. The van der Waals surface area contributed by atoms with E-state index in [2.05, 4.69) is 26.2 Å². The van der Waals surface area contributed by atoms with Crippen molar-refractivity contribution < 1.29 is 9.59 Å². The normalized spacial score (nSPS) is 14.2. The Morgan fingerprint density at radius 1 is 1.13 bits per heavy atom. The Kier molecular flexibility index (Phi) is 6.08. The summed E-state index contributed by atoms with van der Waals surface area (Å²) in [6.45, 7) is 1.93. The van der Waals surface area contributed by atoms with Gasteiger partial charge in [0.25, 0.3) is 5.91 Å². The van der Waals surface area contributed by atoms with Crippen molar-refractivity contribution in [2.24, 2.45) is 0 Å². The van der Waals surface area contributed by atoms with Crippen LogP contribution in [0.3, 0.4) is 0 Å². The lowest BCUT2D eigenvalue weighted by Crippen LogP contribution is -2.28. The van der Waals surface area contributed by atoms with Gasteiger partial charge in [0.1, 0.15) is 0 Å². The lowest BCUT2D eigenvalue weighted by atomic mass is 10.1. The standard InChI is InChI=1S/C21H22N6O2S/c1-14(15-7-3-2-4-8-15)22-20(29)17-9-5-6-10-18(17)23-19(28)13-30-21-24-25-26-27(21)16-11-12-16/h2-10,14,16H,11-13H2,1H3,(H,22,29)(H,23,28). The number of carbonyl (C=O) groups is 2. The second kappa shape index (κ2) is 9.08. The van der Waals surface area contributed by atoms with E-state index in [1.165, 1.54) is 11.8 Å². The monoisotopic (exact) mass is 422 g/mol. The van der Waals surface area contributed by atoms with Gasteiger partial charge in [-0.1, -0.05) is 54.2 Å². The molecular formula is C21H22N6O2S. The van der Waals surface area contributed by atoms with Crippen molar-refractivity contribution >= 4 is 29.3 Å². The van der Waals surface area contributed by atoms with Crippen LogP contribution in [0.15, 0.2) is 59.8 Å². The Bertz CT molecular complexity index is 1030. The van der Waals surface area contributed by atoms with Crippen LogP contribution in [0.4, 0.5) is 5.69 Å². The number of nitrogens with zero attached hydrogens (tertiary/aromatic N) is 4. The Labute approximate surface area is 178 Å². The molecule has 9 heteroatoms. The van der Waals surface area contributed by atoms with Crippen LogP contribution >= 0.6 is 11.8 Å². The van der Waals surface area contributed by atoms with Crippen molar-refractivity contribution in [3.63, 3.8) is 0 Å². The molecule has 1 aliphatic carbocycles.